The van der Waals surface area contributed by atoms with Gasteiger partial charge in [-0.3, -0.25) is 9.59 Å². The number of aryl methyl sites for hydroxylation is 1. The van der Waals surface area contributed by atoms with Crippen molar-refractivity contribution in [2.45, 2.75) is 26.3 Å². The number of amides is 1. The van der Waals surface area contributed by atoms with Gasteiger partial charge in [0.2, 0.25) is 12.7 Å². The van der Waals surface area contributed by atoms with Gasteiger partial charge in [0.15, 0.2) is 11.5 Å². The van der Waals surface area contributed by atoms with E-state index < -0.39 is 0 Å². The lowest BCUT2D eigenvalue weighted by atomic mass is 9.96. The smallest absolute Gasteiger partial charge is 0.271 e. The van der Waals surface area contributed by atoms with Crippen LogP contribution in [0.25, 0.3) is 5.69 Å². The van der Waals surface area contributed by atoms with E-state index in [0.29, 0.717) is 54.8 Å². The normalized spacial score (nSPS) is 15.4. The predicted octanol–water partition coefficient (Wildman–Crippen LogP) is 3.46. The molecule has 34 heavy (non-hydrogen) atoms. The molecule has 1 aromatic heterocycles. The summed E-state index contributed by atoms with van der Waals surface area (Å²) in [5.41, 5.74) is 2.31. The highest BCUT2D eigenvalue weighted by atomic mass is 35.5. The number of hydrogen-bond donors (Lipinski definition) is 1. The number of hydrogen-bond acceptors (Lipinski definition) is 6. The fourth-order valence-electron chi connectivity index (χ4n) is 4.22. The Kier molecular flexibility index (Phi) is 6.15. The van der Waals surface area contributed by atoms with E-state index in [-0.39, 0.29) is 24.2 Å². The molecule has 9 heteroatoms. The van der Waals surface area contributed by atoms with Crippen LogP contribution in [0.15, 0.2) is 53.3 Å². The minimum atomic E-state index is -0.221. The number of nitrogens with one attached hydrogen (secondary N) is 1. The van der Waals surface area contributed by atoms with Gasteiger partial charge in [-0.2, -0.15) is 4.68 Å². The molecule has 0 saturated carbocycles. The molecule has 2 aliphatic heterocycles. The van der Waals surface area contributed by atoms with Crippen LogP contribution in [0.5, 0.6) is 11.5 Å². The molecule has 5 rings (SSSR count). The van der Waals surface area contributed by atoms with Gasteiger partial charge in [0.1, 0.15) is 5.82 Å². The van der Waals surface area contributed by atoms with E-state index in [2.05, 4.69) is 15.3 Å². The van der Waals surface area contributed by atoms with E-state index >= 15 is 0 Å². The zero-order chi connectivity index (χ0) is 23.7. The molecular weight excluding hydrogens is 456 g/mol. The Morgan fingerprint density at radius 2 is 1.88 bits per heavy atom. The second-order valence-corrected chi connectivity index (χ2v) is 8.95. The first-order chi connectivity index (χ1) is 16.5. The minimum absolute atomic E-state index is 0.0459. The lowest BCUT2D eigenvalue weighted by Gasteiger charge is -2.32. The quantitative estimate of drug-likeness (QED) is 0.602. The second-order valence-electron chi connectivity index (χ2n) is 8.54. The summed E-state index contributed by atoms with van der Waals surface area (Å²) in [7, 11) is 0. The fraction of sp³-hybridized carbons (Fsp3) is 0.320. The highest BCUT2D eigenvalue weighted by Gasteiger charge is 2.26. The van der Waals surface area contributed by atoms with Crippen LogP contribution in [-0.4, -0.2) is 35.6 Å². The zero-order valence-electron chi connectivity index (χ0n) is 18.8. The first kappa shape index (κ1) is 22.3. The molecule has 0 radical (unpaired) electrons. The van der Waals surface area contributed by atoms with Gasteiger partial charge in [0, 0.05) is 36.6 Å². The van der Waals surface area contributed by atoms with E-state index in [1.54, 1.807) is 12.1 Å². The molecule has 3 aromatic rings. The second kappa shape index (κ2) is 9.38. The molecule has 176 valence electrons. The molecule has 1 N–H and O–H groups in total. The van der Waals surface area contributed by atoms with Crippen LogP contribution in [-0.2, 0) is 11.3 Å². The molecule has 0 atom stereocenters. The Morgan fingerprint density at radius 3 is 2.68 bits per heavy atom. The van der Waals surface area contributed by atoms with Crippen LogP contribution in [0.2, 0.25) is 5.02 Å². The van der Waals surface area contributed by atoms with Gasteiger partial charge in [0.25, 0.3) is 5.56 Å². The van der Waals surface area contributed by atoms with Gasteiger partial charge in [-0.15, -0.1) is 5.10 Å². The lowest BCUT2D eigenvalue weighted by molar-refractivity contribution is -0.125. The number of piperidine rings is 1. The van der Waals surface area contributed by atoms with E-state index in [1.807, 2.05) is 37.3 Å². The Morgan fingerprint density at radius 1 is 1.09 bits per heavy atom. The van der Waals surface area contributed by atoms with Crippen molar-refractivity contribution in [1.29, 1.82) is 0 Å². The maximum absolute atomic E-state index is 12.7. The summed E-state index contributed by atoms with van der Waals surface area (Å²) < 4.78 is 12.1. The molecule has 2 aliphatic rings. The predicted molar refractivity (Wildman–Crippen MR) is 129 cm³/mol. The average Bonchev–Trinajstić information content (AvgIpc) is 3.33. The lowest BCUT2D eigenvalue weighted by Crippen LogP contribution is -2.41. The van der Waals surface area contributed by atoms with Crippen molar-refractivity contribution < 1.29 is 14.3 Å². The third-order valence-electron chi connectivity index (χ3n) is 6.28. The molecule has 0 aliphatic carbocycles. The first-order valence-corrected chi connectivity index (χ1v) is 11.6. The number of carbonyl (C=O) groups is 1. The van der Waals surface area contributed by atoms with E-state index in [4.69, 9.17) is 21.1 Å². The number of aromatic nitrogens is 2. The number of benzene rings is 2. The monoisotopic (exact) mass is 480 g/mol. The summed E-state index contributed by atoms with van der Waals surface area (Å²) in [6, 6.07) is 14.4. The van der Waals surface area contributed by atoms with Gasteiger partial charge in [-0.1, -0.05) is 23.7 Å². The molecule has 1 amide bonds. The summed E-state index contributed by atoms with van der Waals surface area (Å²) in [6.07, 6.45) is 1.42. The largest absolute Gasteiger partial charge is 0.454 e. The maximum atomic E-state index is 12.7. The molecule has 8 nitrogen and oxygen atoms in total. The Bertz CT molecular complexity index is 1280. The zero-order valence-corrected chi connectivity index (χ0v) is 19.5. The SMILES string of the molecule is Cc1ccc(-n2nc(N3CCC(C(=O)NCc4ccc5c(c4)OCO5)CC3)ccc2=O)cc1Cl. The fourth-order valence-corrected chi connectivity index (χ4v) is 4.40. The Labute approximate surface area is 202 Å². The number of ether oxygens (including phenoxy) is 2. The summed E-state index contributed by atoms with van der Waals surface area (Å²) >= 11 is 6.24. The van der Waals surface area contributed by atoms with Gasteiger partial charge in [-0.05, 0) is 61.2 Å². The summed E-state index contributed by atoms with van der Waals surface area (Å²) in [6.45, 7) is 3.95. The number of fused-ring (bicyclic) bond motifs is 1. The van der Waals surface area contributed by atoms with E-state index in [1.165, 1.54) is 10.7 Å². The maximum Gasteiger partial charge on any atom is 0.271 e. The van der Waals surface area contributed by atoms with Crippen molar-refractivity contribution in [1.82, 2.24) is 15.1 Å². The number of anilines is 1. The summed E-state index contributed by atoms with van der Waals surface area (Å²) in [5, 5.41) is 8.18. The van der Waals surface area contributed by atoms with Crippen molar-refractivity contribution in [2.24, 2.45) is 5.92 Å². The molecule has 1 fully saturated rings. The number of nitrogens with zero attached hydrogens (tertiary/aromatic N) is 3. The van der Waals surface area contributed by atoms with Crippen LogP contribution >= 0.6 is 11.6 Å². The van der Waals surface area contributed by atoms with Gasteiger partial charge >= 0.3 is 0 Å². The van der Waals surface area contributed by atoms with Crippen molar-refractivity contribution >= 4 is 23.3 Å². The van der Waals surface area contributed by atoms with Crippen LogP contribution in [0.3, 0.4) is 0 Å². The topological polar surface area (TPSA) is 85.7 Å². The van der Waals surface area contributed by atoms with Gasteiger partial charge < -0.3 is 19.7 Å². The summed E-state index contributed by atoms with van der Waals surface area (Å²) in [5.74, 6) is 2.13. The van der Waals surface area contributed by atoms with Crippen LogP contribution in [0.4, 0.5) is 5.82 Å². The highest BCUT2D eigenvalue weighted by Crippen LogP contribution is 2.32. The third-order valence-corrected chi connectivity index (χ3v) is 6.69. The third kappa shape index (κ3) is 4.59. The van der Waals surface area contributed by atoms with Crippen molar-refractivity contribution in [2.75, 3.05) is 24.8 Å². The minimum Gasteiger partial charge on any atom is -0.454 e. The number of rotatable bonds is 5. The van der Waals surface area contributed by atoms with Crippen LogP contribution < -0.4 is 25.2 Å². The van der Waals surface area contributed by atoms with Crippen LogP contribution in [0.1, 0.15) is 24.0 Å². The standard InChI is InChI=1S/C25H25ClN4O4/c1-16-2-4-19(13-20(16)26)30-24(31)7-6-23(28-30)29-10-8-18(9-11-29)25(32)27-14-17-3-5-21-22(12-17)34-15-33-21/h2-7,12-13,18H,8-11,14-15H2,1H3,(H,27,32). The first-order valence-electron chi connectivity index (χ1n) is 11.3. The number of halogens is 1. The Hall–Kier alpha value is -3.52. The average molecular weight is 481 g/mol. The van der Waals surface area contributed by atoms with Crippen LogP contribution in [0, 0.1) is 12.8 Å². The molecule has 3 heterocycles. The van der Waals surface area contributed by atoms with Crippen molar-refractivity contribution in [3.63, 3.8) is 0 Å². The molecule has 1 saturated heterocycles. The van der Waals surface area contributed by atoms with E-state index in [0.717, 1.165) is 16.9 Å². The molecule has 0 spiro atoms. The number of carbonyl (C=O) groups excluding carboxylic acids is 1. The van der Waals surface area contributed by atoms with Crippen molar-refractivity contribution in [3.8, 4) is 17.2 Å². The summed E-state index contributed by atoms with van der Waals surface area (Å²) in [4.78, 5) is 27.3. The molecular formula is C25H25ClN4O4. The molecule has 0 unspecified atom stereocenters. The van der Waals surface area contributed by atoms with E-state index in [9.17, 15) is 9.59 Å². The van der Waals surface area contributed by atoms with Gasteiger partial charge in [-0.25, -0.2) is 0 Å². The van der Waals surface area contributed by atoms with Gasteiger partial charge in [0.05, 0.1) is 5.69 Å². The highest BCUT2D eigenvalue weighted by molar-refractivity contribution is 6.31. The molecule has 2 aromatic carbocycles. The molecule has 0 bridgehead atoms. The Balaban J connectivity index is 1.20. The van der Waals surface area contributed by atoms with Crippen molar-refractivity contribution in [3.05, 3.63) is 75.0 Å².